The molecule has 1 aromatic rings. The molecule has 1 aromatic heterocycles. The summed E-state index contributed by atoms with van der Waals surface area (Å²) in [6.07, 6.45) is 4.11. The van der Waals surface area contributed by atoms with Crippen molar-refractivity contribution < 1.29 is 4.74 Å². The molecule has 1 aliphatic rings. The SMILES string of the molecule is CCOC1CC(Nc2cc(NC)ncn2)C1. The van der Waals surface area contributed by atoms with Crippen LogP contribution < -0.4 is 10.6 Å². The Bertz CT molecular complexity index is 339. The van der Waals surface area contributed by atoms with Crippen molar-refractivity contribution in [1.82, 2.24) is 9.97 Å². The molecule has 0 radical (unpaired) electrons. The fourth-order valence-corrected chi connectivity index (χ4v) is 1.84. The van der Waals surface area contributed by atoms with E-state index in [4.69, 9.17) is 4.74 Å². The predicted octanol–water partition coefficient (Wildman–Crippen LogP) is 1.50. The van der Waals surface area contributed by atoms with Crippen molar-refractivity contribution in [3.63, 3.8) is 0 Å². The van der Waals surface area contributed by atoms with Crippen LogP contribution in [-0.2, 0) is 4.74 Å². The molecule has 88 valence electrons. The van der Waals surface area contributed by atoms with Crippen LogP contribution in [0.3, 0.4) is 0 Å². The highest BCUT2D eigenvalue weighted by molar-refractivity contribution is 5.46. The smallest absolute Gasteiger partial charge is 0.131 e. The number of nitrogens with zero attached hydrogens (tertiary/aromatic N) is 2. The molecule has 5 nitrogen and oxygen atoms in total. The van der Waals surface area contributed by atoms with Gasteiger partial charge in [0.1, 0.15) is 18.0 Å². The van der Waals surface area contributed by atoms with Gasteiger partial charge in [-0.2, -0.15) is 0 Å². The maximum Gasteiger partial charge on any atom is 0.131 e. The molecule has 0 aliphatic heterocycles. The number of hydrogen-bond donors (Lipinski definition) is 2. The summed E-state index contributed by atoms with van der Waals surface area (Å²) in [5.41, 5.74) is 0. The predicted molar refractivity (Wildman–Crippen MR) is 63.6 cm³/mol. The first-order chi connectivity index (χ1) is 7.81. The zero-order valence-corrected chi connectivity index (χ0v) is 9.73. The van der Waals surface area contributed by atoms with E-state index < -0.39 is 0 Å². The highest BCUT2D eigenvalue weighted by Crippen LogP contribution is 2.26. The molecular weight excluding hydrogens is 204 g/mol. The van der Waals surface area contributed by atoms with Crippen LogP contribution in [0.5, 0.6) is 0 Å². The molecule has 5 heteroatoms. The van der Waals surface area contributed by atoms with Gasteiger partial charge in [-0.15, -0.1) is 0 Å². The maximum atomic E-state index is 5.51. The fraction of sp³-hybridized carbons (Fsp3) is 0.636. The Morgan fingerprint density at radius 2 is 2.12 bits per heavy atom. The lowest BCUT2D eigenvalue weighted by Crippen LogP contribution is -2.41. The van der Waals surface area contributed by atoms with Crippen molar-refractivity contribution in [3.8, 4) is 0 Å². The Morgan fingerprint density at radius 1 is 1.38 bits per heavy atom. The van der Waals surface area contributed by atoms with Crippen molar-refractivity contribution in [3.05, 3.63) is 12.4 Å². The lowest BCUT2D eigenvalue weighted by Gasteiger charge is -2.35. The van der Waals surface area contributed by atoms with E-state index in [-0.39, 0.29) is 0 Å². The average molecular weight is 222 g/mol. The maximum absolute atomic E-state index is 5.51. The summed E-state index contributed by atoms with van der Waals surface area (Å²) in [5.74, 6) is 1.71. The lowest BCUT2D eigenvalue weighted by molar-refractivity contribution is 0.00292. The zero-order chi connectivity index (χ0) is 11.4. The number of anilines is 2. The van der Waals surface area contributed by atoms with E-state index >= 15 is 0 Å². The summed E-state index contributed by atoms with van der Waals surface area (Å²) in [7, 11) is 1.85. The van der Waals surface area contributed by atoms with Crippen LogP contribution in [-0.4, -0.2) is 35.8 Å². The third kappa shape index (κ3) is 2.61. The van der Waals surface area contributed by atoms with Crippen LogP contribution in [0.1, 0.15) is 19.8 Å². The highest BCUT2D eigenvalue weighted by Gasteiger charge is 2.29. The van der Waals surface area contributed by atoms with E-state index in [1.54, 1.807) is 6.33 Å². The highest BCUT2D eigenvalue weighted by atomic mass is 16.5. The molecule has 1 saturated carbocycles. The molecular formula is C11H18N4O. The van der Waals surface area contributed by atoms with Crippen LogP contribution >= 0.6 is 0 Å². The Morgan fingerprint density at radius 3 is 2.81 bits per heavy atom. The number of ether oxygens (including phenoxy) is 1. The number of aromatic nitrogens is 2. The summed E-state index contributed by atoms with van der Waals surface area (Å²) < 4.78 is 5.51. The van der Waals surface area contributed by atoms with Gasteiger partial charge in [0, 0.05) is 25.8 Å². The van der Waals surface area contributed by atoms with E-state index in [1.807, 2.05) is 20.0 Å². The van der Waals surface area contributed by atoms with E-state index in [9.17, 15) is 0 Å². The lowest BCUT2D eigenvalue weighted by atomic mass is 9.89. The molecule has 0 aromatic carbocycles. The van der Waals surface area contributed by atoms with Gasteiger partial charge in [-0.3, -0.25) is 0 Å². The van der Waals surface area contributed by atoms with E-state index in [2.05, 4.69) is 20.6 Å². The molecule has 1 fully saturated rings. The van der Waals surface area contributed by atoms with E-state index in [1.165, 1.54) is 0 Å². The number of hydrogen-bond acceptors (Lipinski definition) is 5. The fourth-order valence-electron chi connectivity index (χ4n) is 1.84. The molecule has 2 rings (SSSR count). The topological polar surface area (TPSA) is 59.1 Å². The number of nitrogens with one attached hydrogen (secondary N) is 2. The first-order valence-corrected chi connectivity index (χ1v) is 5.69. The van der Waals surface area contributed by atoms with Gasteiger partial charge in [-0.1, -0.05) is 0 Å². The van der Waals surface area contributed by atoms with Crippen molar-refractivity contribution in [2.75, 3.05) is 24.3 Å². The summed E-state index contributed by atoms with van der Waals surface area (Å²) in [6, 6.07) is 2.39. The third-order valence-electron chi connectivity index (χ3n) is 2.77. The molecule has 1 aliphatic carbocycles. The van der Waals surface area contributed by atoms with Crippen molar-refractivity contribution >= 4 is 11.6 Å². The monoisotopic (exact) mass is 222 g/mol. The van der Waals surface area contributed by atoms with Gasteiger partial charge in [-0.05, 0) is 19.8 Å². The normalized spacial score (nSPS) is 23.6. The van der Waals surface area contributed by atoms with Gasteiger partial charge in [0.15, 0.2) is 0 Å². The van der Waals surface area contributed by atoms with Gasteiger partial charge in [0.2, 0.25) is 0 Å². The largest absolute Gasteiger partial charge is 0.378 e. The Hall–Kier alpha value is -1.36. The van der Waals surface area contributed by atoms with Gasteiger partial charge in [0.05, 0.1) is 6.10 Å². The summed E-state index contributed by atoms with van der Waals surface area (Å²) in [5, 5.41) is 6.36. The summed E-state index contributed by atoms with van der Waals surface area (Å²) >= 11 is 0. The molecule has 0 atom stereocenters. The van der Waals surface area contributed by atoms with Gasteiger partial charge in [-0.25, -0.2) is 9.97 Å². The minimum Gasteiger partial charge on any atom is -0.378 e. The number of rotatable bonds is 5. The summed E-state index contributed by atoms with van der Waals surface area (Å²) in [4.78, 5) is 8.24. The molecule has 0 bridgehead atoms. The molecule has 2 N–H and O–H groups in total. The van der Waals surface area contributed by atoms with Crippen molar-refractivity contribution in [1.29, 1.82) is 0 Å². The Kier molecular flexibility index (Phi) is 3.56. The average Bonchev–Trinajstić information content (AvgIpc) is 2.27. The van der Waals surface area contributed by atoms with Crippen molar-refractivity contribution in [2.24, 2.45) is 0 Å². The van der Waals surface area contributed by atoms with Gasteiger partial charge >= 0.3 is 0 Å². The van der Waals surface area contributed by atoms with Crippen LogP contribution in [0, 0.1) is 0 Å². The van der Waals surface area contributed by atoms with Crippen molar-refractivity contribution in [2.45, 2.75) is 31.9 Å². The second-order valence-electron chi connectivity index (χ2n) is 3.93. The summed E-state index contributed by atoms with van der Waals surface area (Å²) in [6.45, 7) is 2.83. The standard InChI is InChI=1S/C11H18N4O/c1-3-16-9-4-8(5-9)15-11-6-10(12-2)13-7-14-11/h6-9H,3-5H2,1-2H3,(H2,12,13,14,15). The van der Waals surface area contributed by atoms with Crippen LogP contribution in [0.15, 0.2) is 12.4 Å². The molecule has 0 unspecified atom stereocenters. The van der Waals surface area contributed by atoms with Crippen LogP contribution in [0.2, 0.25) is 0 Å². The minimum absolute atomic E-state index is 0.424. The van der Waals surface area contributed by atoms with Gasteiger partial charge in [0.25, 0.3) is 0 Å². The van der Waals surface area contributed by atoms with Crippen LogP contribution in [0.4, 0.5) is 11.6 Å². The molecule has 0 amide bonds. The van der Waals surface area contributed by atoms with Gasteiger partial charge < -0.3 is 15.4 Å². The minimum atomic E-state index is 0.424. The molecule has 0 saturated heterocycles. The molecule has 16 heavy (non-hydrogen) atoms. The first kappa shape index (κ1) is 11.1. The van der Waals surface area contributed by atoms with E-state index in [0.717, 1.165) is 31.1 Å². The quantitative estimate of drug-likeness (QED) is 0.790. The van der Waals surface area contributed by atoms with Crippen LogP contribution in [0.25, 0.3) is 0 Å². The molecule has 0 spiro atoms. The third-order valence-corrected chi connectivity index (χ3v) is 2.77. The second kappa shape index (κ2) is 5.12. The Balaban J connectivity index is 1.82. The molecule has 1 heterocycles. The Labute approximate surface area is 95.6 Å². The van der Waals surface area contributed by atoms with E-state index in [0.29, 0.717) is 12.1 Å². The first-order valence-electron chi connectivity index (χ1n) is 5.69. The second-order valence-corrected chi connectivity index (χ2v) is 3.93. The zero-order valence-electron chi connectivity index (χ0n) is 9.73.